The number of guanidine groups is 1. The zero-order chi connectivity index (χ0) is 19.8. The molecule has 6 nitrogen and oxygen atoms in total. The molecule has 0 bridgehead atoms. The summed E-state index contributed by atoms with van der Waals surface area (Å²) < 4.78 is 5.17. The Hall–Kier alpha value is -2.57. The SMILES string of the molecule is CCN1CCN(Cc2ccccc2CN=C(N)Nc2ccc(OC)cc2)CC1. The van der Waals surface area contributed by atoms with Crippen molar-refractivity contribution in [3.05, 3.63) is 59.7 Å². The van der Waals surface area contributed by atoms with E-state index in [0.717, 1.165) is 50.7 Å². The largest absolute Gasteiger partial charge is 0.497 e. The molecule has 0 aromatic heterocycles. The number of aliphatic imine (C=N–C) groups is 1. The number of piperazine rings is 1. The van der Waals surface area contributed by atoms with Crippen molar-refractivity contribution in [1.82, 2.24) is 9.80 Å². The lowest BCUT2D eigenvalue weighted by Gasteiger charge is -2.34. The minimum atomic E-state index is 0.413. The average Bonchev–Trinajstić information content (AvgIpc) is 2.74. The first kappa shape index (κ1) is 20.2. The van der Waals surface area contributed by atoms with Gasteiger partial charge in [-0.1, -0.05) is 31.2 Å². The minimum Gasteiger partial charge on any atom is -0.497 e. The van der Waals surface area contributed by atoms with E-state index >= 15 is 0 Å². The molecule has 6 heteroatoms. The first-order valence-electron chi connectivity index (χ1n) is 9.90. The molecule has 2 aromatic carbocycles. The molecule has 0 radical (unpaired) electrons. The van der Waals surface area contributed by atoms with Crippen LogP contribution in [0.1, 0.15) is 18.1 Å². The van der Waals surface area contributed by atoms with Crippen LogP contribution in [-0.2, 0) is 13.1 Å². The van der Waals surface area contributed by atoms with Crippen LogP contribution >= 0.6 is 0 Å². The number of benzene rings is 2. The van der Waals surface area contributed by atoms with Crippen molar-refractivity contribution in [3.8, 4) is 5.75 Å². The third-order valence-corrected chi connectivity index (χ3v) is 5.21. The molecule has 1 fully saturated rings. The Kier molecular flexibility index (Phi) is 7.28. The lowest BCUT2D eigenvalue weighted by Crippen LogP contribution is -2.45. The van der Waals surface area contributed by atoms with Crippen molar-refractivity contribution >= 4 is 11.6 Å². The number of methoxy groups -OCH3 is 1. The van der Waals surface area contributed by atoms with Gasteiger partial charge < -0.3 is 20.7 Å². The van der Waals surface area contributed by atoms with Gasteiger partial charge in [0.05, 0.1) is 13.7 Å². The number of nitrogens with one attached hydrogen (secondary N) is 1. The van der Waals surface area contributed by atoms with Crippen LogP contribution in [0.4, 0.5) is 5.69 Å². The lowest BCUT2D eigenvalue weighted by molar-refractivity contribution is 0.131. The van der Waals surface area contributed by atoms with Crippen LogP contribution in [0, 0.1) is 0 Å². The van der Waals surface area contributed by atoms with Gasteiger partial charge in [0.25, 0.3) is 0 Å². The van der Waals surface area contributed by atoms with E-state index in [1.54, 1.807) is 7.11 Å². The first-order chi connectivity index (χ1) is 13.7. The van der Waals surface area contributed by atoms with E-state index in [-0.39, 0.29) is 0 Å². The zero-order valence-electron chi connectivity index (χ0n) is 16.9. The second kappa shape index (κ2) is 10.1. The minimum absolute atomic E-state index is 0.413. The highest BCUT2D eigenvalue weighted by Gasteiger charge is 2.16. The van der Waals surface area contributed by atoms with Crippen LogP contribution in [0.25, 0.3) is 0 Å². The predicted molar refractivity (Wildman–Crippen MR) is 116 cm³/mol. The molecule has 3 N–H and O–H groups in total. The molecular formula is C22H31N5O. The summed E-state index contributed by atoms with van der Waals surface area (Å²) in [6.45, 7) is 9.44. The molecule has 0 saturated carbocycles. The summed E-state index contributed by atoms with van der Waals surface area (Å²) in [5.41, 5.74) is 9.52. The predicted octanol–water partition coefficient (Wildman–Crippen LogP) is 2.76. The van der Waals surface area contributed by atoms with Crippen LogP contribution in [0.3, 0.4) is 0 Å². The smallest absolute Gasteiger partial charge is 0.193 e. The average molecular weight is 382 g/mol. The topological polar surface area (TPSA) is 66.1 Å². The number of likely N-dealkylation sites (N-methyl/N-ethyl adjacent to an activating group) is 1. The molecule has 0 atom stereocenters. The Bertz CT molecular complexity index is 767. The molecule has 1 saturated heterocycles. The molecule has 28 heavy (non-hydrogen) atoms. The molecule has 0 amide bonds. The van der Waals surface area contributed by atoms with Gasteiger partial charge in [-0.2, -0.15) is 0 Å². The normalized spacial score (nSPS) is 16.1. The fourth-order valence-electron chi connectivity index (χ4n) is 3.40. The Morgan fingerprint density at radius 2 is 1.64 bits per heavy atom. The van der Waals surface area contributed by atoms with Crippen molar-refractivity contribution in [3.63, 3.8) is 0 Å². The summed E-state index contributed by atoms with van der Waals surface area (Å²) in [4.78, 5) is 9.56. The van der Waals surface area contributed by atoms with Gasteiger partial charge >= 0.3 is 0 Å². The van der Waals surface area contributed by atoms with Crippen LogP contribution < -0.4 is 15.8 Å². The van der Waals surface area contributed by atoms with Crippen LogP contribution in [0.15, 0.2) is 53.5 Å². The van der Waals surface area contributed by atoms with Gasteiger partial charge in [-0.15, -0.1) is 0 Å². The van der Waals surface area contributed by atoms with Gasteiger partial charge in [0.2, 0.25) is 0 Å². The van der Waals surface area contributed by atoms with Crippen LogP contribution in [0.5, 0.6) is 5.75 Å². The number of anilines is 1. The van der Waals surface area contributed by atoms with Crippen molar-refractivity contribution in [1.29, 1.82) is 0 Å². The summed E-state index contributed by atoms with van der Waals surface area (Å²) in [5, 5.41) is 3.13. The fourth-order valence-corrected chi connectivity index (χ4v) is 3.40. The van der Waals surface area contributed by atoms with Crippen molar-refractivity contribution < 1.29 is 4.74 Å². The quantitative estimate of drug-likeness (QED) is 0.570. The van der Waals surface area contributed by atoms with Gasteiger partial charge in [0, 0.05) is 38.4 Å². The van der Waals surface area contributed by atoms with Gasteiger partial charge in [0.1, 0.15) is 5.75 Å². The summed E-state index contributed by atoms with van der Waals surface area (Å²) in [5.74, 6) is 1.23. The molecule has 150 valence electrons. The number of nitrogens with two attached hydrogens (primary N) is 1. The summed E-state index contributed by atoms with van der Waals surface area (Å²) in [6.07, 6.45) is 0. The Balaban J connectivity index is 1.58. The third kappa shape index (κ3) is 5.71. The maximum atomic E-state index is 6.08. The maximum absolute atomic E-state index is 6.08. The summed E-state index contributed by atoms with van der Waals surface area (Å²) in [7, 11) is 1.65. The molecular weight excluding hydrogens is 350 g/mol. The van der Waals surface area contributed by atoms with E-state index in [1.165, 1.54) is 11.1 Å². The summed E-state index contributed by atoms with van der Waals surface area (Å²) in [6, 6.07) is 16.1. The Labute approximate surface area is 168 Å². The van der Waals surface area contributed by atoms with Crippen molar-refractivity contribution in [2.75, 3.05) is 45.2 Å². The van der Waals surface area contributed by atoms with E-state index in [1.807, 2.05) is 24.3 Å². The molecule has 1 aliphatic rings. The van der Waals surface area contributed by atoms with Crippen LogP contribution in [-0.4, -0.2) is 55.6 Å². The molecule has 0 spiro atoms. The number of ether oxygens (including phenoxy) is 1. The number of hydrogen-bond acceptors (Lipinski definition) is 4. The van der Waals surface area contributed by atoms with Gasteiger partial charge in [0.15, 0.2) is 5.96 Å². The molecule has 1 heterocycles. The Morgan fingerprint density at radius 1 is 1.00 bits per heavy atom. The standard InChI is InChI=1S/C22H31N5O/c1-3-26-12-14-27(15-13-26)17-19-7-5-4-6-18(19)16-24-22(23)25-20-8-10-21(28-2)11-9-20/h4-11H,3,12-17H2,1-2H3,(H3,23,24,25). The van der Waals surface area contributed by atoms with Crippen LogP contribution in [0.2, 0.25) is 0 Å². The first-order valence-corrected chi connectivity index (χ1v) is 9.90. The van der Waals surface area contributed by atoms with Gasteiger partial charge in [-0.05, 0) is 41.9 Å². The van der Waals surface area contributed by atoms with E-state index in [2.05, 4.69) is 51.3 Å². The number of nitrogens with zero attached hydrogens (tertiary/aromatic N) is 3. The van der Waals surface area contributed by atoms with Gasteiger partial charge in [-0.25, -0.2) is 4.99 Å². The van der Waals surface area contributed by atoms with Crippen molar-refractivity contribution in [2.24, 2.45) is 10.7 Å². The fraction of sp³-hybridized carbons (Fsp3) is 0.409. The van der Waals surface area contributed by atoms with E-state index in [4.69, 9.17) is 10.5 Å². The maximum Gasteiger partial charge on any atom is 0.193 e. The second-order valence-corrected chi connectivity index (χ2v) is 7.03. The highest BCUT2D eigenvalue weighted by molar-refractivity contribution is 5.92. The zero-order valence-corrected chi connectivity index (χ0v) is 16.9. The molecule has 3 rings (SSSR count). The molecule has 0 aliphatic carbocycles. The van der Waals surface area contributed by atoms with Gasteiger partial charge in [-0.3, -0.25) is 4.90 Å². The van der Waals surface area contributed by atoms with E-state index < -0.39 is 0 Å². The Morgan fingerprint density at radius 3 is 2.29 bits per heavy atom. The monoisotopic (exact) mass is 381 g/mol. The molecule has 1 aliphatic heterocycles. The number of hydrogen-bond donors (Lipinski definition) is 2. The third-order valence-electron chi connectivity index (χ3n) is 5.21. The molecule has 0 unspecified atom stereocenters. The highest BCUT2D eigenvalue weighted by Crippen LogP contribution is 2.16. The lowest BCUT2D eigenvalue weighted by atomic mass is 10.1. The summed E-state index contributed by atoms with van der Waals surface area (Å²) >= 11 is 0. The highest BCUT2D eigenvalue weighted by atomic mass is 16.5. The second-order valence-electron chi connectivity index (χ2n) is 7.03. The number of rotatable bonds is 7. The van der Waals surface area contributed by atoms with Crippen molar-refractivity contribution in [2.45, 2.75) is 20.0 Å². The van der Waals surface area contributed by atoms with E-state index in [9.17, 15) is 0 Å². The molecule has 2 aromatic rings. The van der Waals surface area contributed by atoms with E-state index in [0.29, 0.717) is 12.5 Å².